The van der Waals surface area contributed by atoms with Crippen molar-refractivity contribution in [3.8, 4) is 0 Å². The molecule has 2 N–H and O–H groups in total. The summed E-state index contributed by atoms with van der Waals surface area (Å²) in [5, 5.41) is 0. The normalized spacial score (nSPS) is 10.3. The van der Waals surface area contributed by atoms with Gasteiger partial charge in [0.1, 0.15) is 17.2 Å². The highest BCUT2D eigenvalue weighted by atomic mass is 16.5. The minimum atomic E-state index is -0.494. The molecule has 0 aliphatic carbocycles. The topological polar surface area (TPSA) is 78.1 Å². The molecule has 2 aromatic rings. The summed E-state index contributed by atoms with van der Waals surface area (Å²) in [7, 11) is 0. The zero-order valence-corrected chi connectivity index (χ0v) is 11.6. The van der Waals surface area contributed by atoms with E-state index < -0.39 is 5.97 Å². The summed E-state index contributed by atoms with van der Waals surface area (Å²) in [4.78, 5) is 19.9. The van der Waals surface area contributed by atoms with Crippen molar-refractivity contribution in [2.24, 2.45) is 0 Å². The largest absolute Gasteiger partial charge is 0.462 e. The van der Waals surface area contributed by atoms with Crippen molar-refractivity contribution in [2.75, 3.05) is 12.3 Å². The molecule has 5 nitrogen and oxygen atoms in total. The van der Waals surface area contributed by atoms with E-state index in [2.05, 4.69) is 9.97 Å². The third kappa shape index (κ3) is 3.32. The van der Waals surface area contributed by atoms with E-state index in [4.69, 9.17) is 10.5 Å². The molecule has 0 radical (unpaired) electrons. The molecule has 0 aliphatic rings. The Hall–Kier alpha value is -2.43. The summed E-state index contributed by atoms with van der Waals surface area (Å²) in [6.45, 7) is 4.07. The summed E-state index contributed by atoms with van der Waals surface area (Å²) in [6, 6.07) is 8.11. The first-order valence-electron chi connectivity index (χ1n) is 6.44. The van der Waals surface area contributed by atoms with E-state index in [-0.39, 0.29) is 11.4 Å². The van der Waals surface area contributed by atoms with Gasteiger partial charge in [0.25, 0.3) is 0 Å². The Morgan fingerprint density at radius 3 is 2.60 bits per heavy atom. The van der Waals surface area contributed by atoms with E-state index in [9.17, 15) is 4.79 Å². The second-order valence-corrected chi connectivity index (χ2v) is 4.47. The molecule has 0 atom stereocenters. The summed E-state index contributed by atoms with van der Waals surface area (Å²) in [6.07, 6.45) is 2.00. The molecule has 0 fully saturated rings. The van der Waals surface area contributed by atoms with Crippen molar-refractivity contribution in [3.63, 3.8) is 0 Å². The fourth-order valence-corrected chi connectivity index (χ4v) is 1.77. The van der Waals surface area contributed by atoms with Crippen molar-refractivity contribution in [2.45, 2.75) is 20.3 Å². The van der Waals surface area contributed by atoms with Crippen LogP contribution in [0.3, 0.4) is 0 Å². The lowest BCUT2D eigenvalue weighted by Gasteiger charge is -2.06. The number of carbonyl (C=O) groups is 1. The number of aromatic nitrogens is 2. The summed E-state index contributed by atoms with van der Waals surface area (Å²) in [5.41, 5.74) is 8.28. The fourth-order valence-electron chi connectivity index (χ4n) is 1.77. The van der Waals surface area contributed by atoms with Gasteiger partial charge in [-0.3, -0.25) is 0 Å². The van der Waals surface area contributed by atoms with E-state index in [1.165, 1.54) is 11.8 Å². The number of nitrogens with two attached hydrogens (primary N) is 1. The number of rotatable bonds is 4. The fraction of sp³-hybridized carbons (Fsp3) is 0.267. The van der Waals surface area contributed by atoms with Crippen LogP contribution in [-0.4, -0.2) is 22.5 Å². The molecule has 0 spiro atoms. The van der Waals surface area contributed by atoms with Crippen LogP contribution in [0, 0.1) is 6.92 Å². The molecule has 0 saturated heterocycles. The Bertz CT molecular complexity index is 609. The Balaban J connectivity index is 2.16. The number of hydrogen-bond acceptors (Lipinski definition) is 5. The first kappa shape index (κ1) is 14.0. The van der Waals surface area contributed by atoms with Gasteiger partial charge < -0.3 is 10.5 Å². The Kier molecular flexibility index (Phi) is 4.30. The summed E-state index contributed by atoms with van der Waals surface area (Å²) in [5.74, 6) is 0.242. The third-order valence-corrected chi connectivity index (χ3v) is 2.85. The lowest BCUT2D eigenvalue weighted by atomic mass is 10.1. The number of carbonyl (C=O) groups excluding carboxylic acids is 1. The molecule has 0 amide bonds. The first-order valence-corrected chi connectivity index (χ1v) is 6.44. The number of hydrogen-bond donors (Lipinski definition) is 1. The monoisotopic (exact) mass is 271 g/mol. The average molecular weight is 271 g/mol. The van der Waals surface area contributed by atoms with Gasteiger partial charge in [-0.1, -0.05) is 29.8 Å². The average Bonchev–Trinajstić information content (AvgIpc) is 2.42. The van der Waals surface area contributed by atoms with Crippen molar-refractivity contribution in [1.82, 2.24) is 9.97 Å². The Morgan fingerprint density at radius 2 is 2.00 bits per heavy atom. The van der Waals surface area contributed by atoms with Crippen LogP contribution in [0.25, 0.3) is 0 Å². The molecular formula is C15H17N3O2. The van der Waals surface area contributed by atoms with Crippen LogP contribution in [-0.2, 0) is 11.2 Å². The van der Waals surface area contributed by atoms with E-state index in [1.54, 1.807) is 6.92 Å². The van der Waals surface area contributed by atoms with Gasteiger partial charge in [-0.25, -0.2) is 14.8 Å². The third-order valence-electron chi connectivity index (χ3n) is 2.85. The van der Waals surface area contributed by atoms with Gasteiger partial charge >= 0.3 is 5.97 Å². The number of esters is 1. The highest BCUT2D eigenvalue weighted by Crippen LogP contribution is 2.12. The molecule has 1 heterocycles. The van der Waals surface area contributed by atoms with Crippen molar-refractivity contribution in [3.05, 3.63) is 53.0 Å². The van der Waals surface area contributed by atoms with Gasteiger partial charge in [0.2, 0.25) is 0 Å². The molecule has 104 valence electrons. The van der Waals surface area contributed by atoms with Crippen molar-refractivity contribution >= 4 is 11.8 Å². The molecule has 0 bridgehead atoms. The predicted molar refractivity (Wildman–Crippen MR) is 76.4 cm³/mol. The van der Waals surface area contributed by atoms with Gasteiger partial charge in [0.05, 0.1) is 6.61 Å². The standard InChI is InChI=1S/C15H17N3O2/c1-3-20-15(19)12-9-17-13(18-14(12)16)8-11-6-4-10(2)5-7-11/h4-7,9H,3,8H2,1-2H3,(H2,16,17,18). The van der Waals surface area contributed by atoms with Crippen LogP contribution < -0.4 is 5.73 Å². The lowest BCUT2D eigenvalue weighted by Crippen LogP contribution is -2.12. The number of ether oxygens (including phenoxy) is 1. The van der Waals surface area contributed by atoms with Crippen LogP contribution in [0.5, 0.6) is 0 Å². The van der Waals surface area contributed by atoms with Crippen LogP contribution >= 0.6 is 0 Å². The quantitative estimate of drug-likeness (QED) is 0.862. The predicted octanol–water partition coefficient (Wildman–Crippen LogP) is 2.13. The summed E-state index contributed by atoms with van der Waals surface area (Å²) >= 11 is 0. The van der Waals surface area contributed by atoms with Crippen LogP contribution in [0.1, 0.15) is 34.2 Å². The maximum absolute atomic E-state index is 11.6. The van der Waals surface area contributed by atoms with Crippen LogP contribution in [0.2, 0.25) is 0 Å². The maximum atomic E-state index is 11.6. The lowest BCUT2D eigenvalue weighted by molar-refractivity contribution is 0.0526. The SMILES string of the molecule is CCOC(=O)c1cnc(Cc2ccc(C)cc2)nc1N. The second kappa shape index (κ2) is 6.14. The van der Waals surface area contributed by atoms with Crippen molar-refractivity contribution in [1.29, 1.82) is 0 Å². The zero-order chi connectivity index (χ0) is 14.5. The molecule has 0 saturated carbocycles. The van der Waals surface area contributed by atoms with Gasteiger partial charge in [-0.05, 0) is 19.4 Å². The molecule has 1 aromatic carbocycles. The van der Waals surface area contributed by atoms with Crippen molar-refractivity contribution < 1.29 is 9.53 Å². The highest BCUT2D eigenvalue weighted by Gasteiger charge is 2.13. The number of nitrogens with zero attached hydrogens (tertiary/aromatic N) is 2. The zero-order valence-electron chi connectivity index (χ0n) is 11.6. The smallest absolute Gasteiger partial charge is 0.343 e. The maximum Gasteiger partial charge on any atom is 0.343 e. The van der Waals surface area contributed by atoms with Gasteiger partial charge in [-0.2, -0.15) is 0 Å². The van der Waals surface area contributed by atoms with Crippen LogP contribution in [0.4, 0.5) is 5.82 Å². The minimum absolute atomic E-state index is 0.153. The number of benzene rings is 1. The number of anilines is 1. The van der Waals surface area contributed by atoms with E-state index >= 15 is 0 Å². The highest BCUT2D eigenvalue weighted by molar-refractivity contribution is 5.93. The molecule has 2 rings (SSSR count). The summed E-state index contributed by atoms with van der Waals surface area (Å²) < 4.78 is 4.88. The molecule has 0 aliphatic heterocycles. The molecule has 20 heavy (non-hydrogen) atoms. The Morgan fingerprint density at radius 1 is 1.30 bits per heavy atom. The number of nitrogen functional groups attached to an aromatic ring is 1. The van der Waals surface area contributed by atoms with E-state index in [0.29, 0.717) is 18.9 Å². The molecule has 0 unspecified atom stereocenters. The molecule has 1 aromatic heterocycles. The van der Waals surface area contributed by atoms with E-state index in [0.717, 1.165) is 5.56 Å². The molecular weight excluding hydrogens is 254 g/mol. The molecule has 5 heteroatoms. The van der Waals surface area contributed by atoms with E-state index in [1.807, 2.05) is 31.2 Å². The van der Waals surface area contributed by atoms with Gasteiger partial charge in [0.15, 0.2) is 0 Å². The van der Waals surface area contributed by atoms with Crippen LogP contribution in [0.15, 0.2) is 30.5 Å². The van der Waals surface area contributed by atoms with Gasteiger partial charge in [-0.15, -0.1) is 0 Å². The Labute approximate surface area is 117 Å². The van der Waals surface area contributed by atoms with Gasteiger partial charge in [0, 0.05) is 12.6 Å². The minimum Gasteiger partial charge on any atom is -0.462 e. The second-order valence-electron chi connectivity index (χ2n) is 4.47. The number of aryl methyl sites for hydroxylation is 1. The first-order chi connectivity index (χ1) is 9.60.